The SMILES string of the molecule is CCc1noc(CC)c1CNC(=NC)NCc1ccc(CN2CCOCC2)cc1. The lowest BCUT2D eigenvalue weighted by molar-refractivity contribution is 0.0342. The van der Waals surface area contributed by atoms with Crippen molar-refractivity contribution < 1.29 is 9.26 Å². The molecule has 29 heavy (non-hydrogen) atoms. The summed E-state index contributed by atoms with van der Waals surface area (Å²) in [6, 6.07) is 8.78. The first-order valence-electron chi connectivity index (χ1n) is 10.5. The third kappa shape index (κ3) is 6.05. The molecule has 2 N–H and O–H groups in total. The maximum atomic E-state index is 5.44. The number of aromatic nitrogens is 1. The van der Waals surface area contributed by atoms with Crippen molar-refractivity contribution in [1.29, 1.82) is 0 Å². The van der Waals surface area contributed by atoms with Crippen LogP contribution in [-0.2, 0) is 37.2 Å². The molecule has 3 rings (SSSR count). The first kappa shape index (κ1) is 21.3. The van der Waals surface area contributed by atoms with Crippen LogP contribution in [0.3, 0.4) is 0 Å². The monoisotopic (exact) mass is 399 g/mol. The summed E-state index contributed by atoms with van der Waals surface area (Å²) >= 11 is 0. The molecule has 2 heterocycles. The molecule has 0 radical (unpaired) electrons. The maximum absolute atomic E-state index is 5.44. The highest BCUT2D eigenvalue weighted by atomic mass is 16.5. The van der Waals surface area contributed by atoms with Crippen molar-refractivity contribution in [3.8, 4) is 0 Å². The van der Waals surface area contributed by atoms with Gasteiger partial charge in [0.1, 0.15) is 5.76 Å². The number of aliphatic imine (C=N–C) groups is 1. The largest absolute Gasteiger partial charge is 0.379 e. The van der Waals surface area contributed by atoms with Gasteiger partial charge in [0.15, 0.2) is 5.96 Å². The molecule has 1 aliphatic rings. The Bertz CT molecular complexity index is 758. The van der Waals surface area contributed by atoms with Gasteiger partial charge in [-0.3, -0.25) is 9.89 Å². The van der Waals surface area contributed by atoms with Crippen molar-refractivity contribution in [2.75, 3.05) is 33.4 Å². The van der Waals surface area contributed by atoms with E-state index in [4.69, 9.17) is 9.26 Å². The van der Waals surface area contributed by atoms with E-state index in [2.05, 4.69) is 63.8 Å². The second kappa shape index (κ2) is 11.0. The van der Waals surface area contributed by atoms with Crippen molar-refractivity contribution in [3.05, 3.63) is 52.4 Å². The van der Waals surface area contributed by atoms with Crippen LogP contribution in [0.25, 0.3) is 0 Å². The van der Waals surface area contributed by atoms with Gasteiger partial charge in [-0.1, -0.05) is 43.3 Å². The Morgan fingerprint density at radius 2 is 1.72 bits per heavy atom. The van der Waals surface area contributed by atoms with E-state index in [-0.39, 0.29) is 0 Å². The van der Waals surface area contributed by atoms with Gasteiger partial charge in [-0.05, 0) is 17.5 Å². The number of aryl methyl sites for hydroxylation is 2. The van der Waals surface area contributed by atoms with Crippen molar-refractivity contribution >= 4 is 5.96 Å². The molecule has 0 bridgehead atoms. The smallest absolute Gasteiger partial charge is 0.191 e. The molecule has 2 aromatic rings. The lowest BCUT2D eigenvalue weighted by Crippen LogP contribution is -2.36. The number of ether oxygens (including phenoxy) is 1. The van der Waals surface area contributed by atoms with Crippen LogP contribution in [0, 0.1) is 0 Å². The molecule has 158 valence electrons. The Morgan fingerprint density at radius 1 is 1.03 bits per heavy atom. The number of nitrogens with one attached hydrogen (secondary N) is 2. The molecule has 0 atom stereocenters. The Balaban J connectivity index is 1.48. The van der Waals surface area contributed by atoms with E-state index >= 15 is 0 Å². The molecule has 7 nitrogen and oxygen atoms in total. The van der Waals surface area contributed by atoms with Crippen LogP contribution in [-0.4, -0.2) is 49.4 Å². The molecule has 1 saturated heterocycles. The topological polar surface area (TPSA) is 74.9 Å². The van der Waals surface area contributed by atoms with E-state index < -0.39 is 0 Å². The molecule has 7 heteroatoms. The predicted molar refractivity (Wildman–Crippen MR) is 115 cm³/mol. The van der Waals surface area contributed by atoms with Crippen molar-refractivity contribution in [3.63, 3.8) is 0 Å². The maximum Gasteiger partial charge on any atom is 0.191 e. The highest BCUT2D eigenvalue weighted by Gasteiger charge is 2.14. The number of hydrogen-bond donors (Lipinski definition) is 2. The minimum Gasteiger partial charge on any atom is -0.379 e. The number of guanidine groups is 1. The molecule has 0 aliphatic carbocycles. The minimum absolute atomic E-state index is 0.661. The zero-order valence-corrected chi connectivity index (χ0v) is 17.8. The first-order valence-corrected chi connectivity index (χ1v) is 10.5. The average Bonchev–Trinajstić information content (AvgIpc) is 3.17. The lowest BCUT2D eigenvalue weighted by atomic mass is 10.1. The Kier molecular flexibility index (Phi) is 8.07. The van der Waals surface area contributed by atoms with E-state index in [0.717, 1.165) is 75.2 Å². The zero-order valence-electron chi connectivity index (χ0n) is 17.8. The fraction of sp³-hybridized carbons (Fsp3) is 0.545. The molecule has 1 aromatic carbocycles. The quantitative estimate of drug-likeness (QED) is 0.525. The number of hydrogen-bond acceptors (Lipinski definition) is 5. The minimum atomic E-state index is 0.661. The van der Waals surface area contributed by atoms with Crippen LogP contribution in [0.2, 0.25) is 0 Å². The van der Waals surface area contributed by atoms with E-state index in [0.29, 0.717) is 6.54 Å². The fourth-order valence-corrected chi connectivity index (χ4v) is 3.50. The Hall–Kier alpha value is -2.38. The fourth-order valence-electron chi connectivity index (χ4n) is 3.50. The Morgan fingerprint density at radius 3 is 2.38 bits per heavy atom. The Labute approximate surface area is 173 Å². The first-order chi connectivity index (χ1) is 14.2. The molecule has 1 fully saturated rings. The van der Waals surface area contributed by atoms with Gasteiger partial charge in [0, 0.05) is 51.8 Å². The van der Waals surface area contributed by atoms with Gasteiger partial charge in [0.05, 0.1) is 18.9 Å². The molecule has 0 amide bonds. The van der Waals surface area contributed by atoms with E-state index in [1.165, 1.54) is 11.1 Å². The molecule has 1 aromatic heterocycles. The van der Waals surface area contributed by atoms with Crippen LogP contribution >= 0.6 is 0 Å². The van der Waals surface area contributed by atoms with Gasteiger partial charge >= 0.3 is 0 Å². The van der Waals surface area contributed by atoms with Crippen molar-refractivity contribution in [2.24, 2.45) is 4.99 Å². The number of nitrogens with zero attached hydrogens (tertiary/aromatic N) is 3. The zero-order chi connectivity index (χ0) is 20.5. The third-order valence-electron chi connectivity index (χ3n) is 5.26. The van der Waals surface area contributed by atoms with Crippen LogP contribution in [0.5, 0.6) is 0 Å². The standard InChI is InChI=1S/C22H33N5O2/c1-4-20-19(21(5-2)29-26-20)15-25-22(23-3)24-14-17-6-8-18(9-7-17)16-27-10-12-28-13-11-27/h6-9H,4-5,10-16H2,1-3H3,(H2,23,24,25). The summed E-state index contributed by atoms with van der Waals surface area (Å²) in [4.78, 5) is 6.77. The summed E-state index contributed by atoms with van der Waals surface area (Å²) in [6.45, 7) is 10.2. The van der Waals surface area contributed by atoms with Gasteiger partial charge in [-0.25, -0.2) is 0 Å². The molecule has 0 saturated carbocycles. The summed E-state index contributed by atoms with van der Waals surface area (Å²) in [5.41, 5.74) is 4.73. The van der Waals surface area contributed by atoms with Crippen LogP contribution in [0.1, 0.15) is 42.0 Å². The van der Waals surface area contributed by atoms with Gasteiger partial charge in [0.25, 0.3) is 0 Å². The van der Waals surface area contributed by atoms with Crippen molar-refractivity contribution in [2.45, 2.75) is 46.3 Å². The number of benzene rings is 1. The van der Waals surface area contributed by atoms with Crippen molar-refractivity contribution in [1.82, 2.24) is 20.7 Å². The van der Waals surface area contributed by atoms with E-state index in [1.807, 2.05) is 0 Å². The molecular formula is C22H33N5O2. The summed E-state index contributed by atoms with van der Waals surface area (Å²) in [6.07, 6.45) is 1.70. The highest BCUT2D eigenvalue weighted by Crippen LogP contribution is 2.15. The lowest BCUT2D eigenvalue weighted by Gasteiger charge is -2.26. The normalized spacial score (nSPS) is 15.5. The highest BCUT2D eigenvalue weighted by molar-refractivity contribution is 5.79. The summed E-state index contributed by atoms with van der Waals surface area (Å²) in [5.74, 6) is 1.72. The molecule has 0 unspecified atom stereocenters. The van der Waals surface area contributed by atoms with Gasteiger partial charge in [-0.15, -0.1) is 0 Å². The average molecular weight is 400 g/mol. The van der Waals surface area contributed by atoms with Gasteiger partial charge < -0.3 is 19.9 Å². The van der Waals surface area contributed by atoms with E-state index in [1.54, 1.807) is 7.05 Å². The van der Waals surface area contributed by atoms with Crippen LogP contribution in [0.15, 0.2) is 33.8 Å². The molecule has 0 spiro atoms. The van der Waals surface area contributed by atoms with Gasteiger partial charge in [-0.2, -0.15) is 0 Å². The molecular weight excluding hydrogens is 366 g/mol. The van der Waals surface area contributed by atoms with Gasteiger partial charge in [0.2, 0.25) is 0 Å². The molecule has 1 aliphatic heterocycles. The predicted octanol–water partition coefficient (Wildman–Crippen LogP) is 2.50. The second-order valence-electron chi connectivity index (χ2n) is 7.22. The second-order valence-corrected chi connectivity index (χ2v) is 7.22. The summed E-state index contributed by atoms with van der Waals surface area (Å²) in [5, 5.41) is 10.9. The van der Waals surface area contributed by atoms with E-state index in [9.17, 15) is 0 Å². The summed E-state index contributed by atoms with van der Waals surface area (Å²) in [7, 11) is 1.79. The van der Waals surface area contributed by atoms with Crippen LogP contribution < -0.4 is 10.6 Å². The summed E-state index contributed by atoms with van der Waals surface area (Å²) < 4.78 is 10.9. The number of morpholine rings is 1. The van der Waals surface area contributed by atoms with Crippen LogP contribution in [0.4, 0.5) is 0 Å². The third-order valence-corrected chi connectivity index (χ3v) is 5.26. The number of rotatable bonds is 8.